The summed E-state index contributed by atoms with van der Waals surface area (Å²) >= 11 is 4.27. The molecule has 0 aromatic heterocycles. The van der Waals surface area contributed by atoms with Crippen molar-refractivity contribution in [2.75, 3.05) is 23.8 Å². The number of ether oxygens (including phenoxy) is 1. The number of anilines is 1. The molecule has 1 unspecified atom stereocenters. The molecule has 0 spiro atoms. The number of amides is 1. The molecular weight excluding hydrogens is 280 g/mol. The van der Waals surface area contributed by atoms with Crippen LogP contribution in [0.2, 0.25) is 0 Å². The quantitative estimate of drug-likeness (QED) is 0.514. The van der Waals surface area contributed by atoms with E-state index in [-0.39, 0.29) is 24.1 Å². The number of carbonyl (C=O) groups excluding carboxylic acids is 1. The second-order valence-electron chi connectivity index (χ2n) is 4.66. The smallest absolute Gasteiger partial charge is 0.271 e. The molecule has 108 valence electrons. The third kappa shape index (κ3) is 2.87. The lowest BCUT2D eigenvalue weighted by atomic mass is 10.1. The summed E-state index contributed by atoms with van der Waals surface area (Å²) in [4.78, 5) is 24.0. The Bertz CT molecular complexity index is 531. The summed E-state index contributed by atoms with van der Waals surface area (Å²) in [6, 6.07) is 4.30. The normalized spacial score (nSPS) is 15.5. The van der Waals surface area contributed by atoms with Gasteiger partial charge in [-0.25, -0.2) is 0 Å². The minimum atomic E-state index is -0.479. The molecule has 0 saturated carbocycles. The van der Waals surface area contributed by atoms with Crippen molar-refractivity contribution < 1.29 is 14.5 Å². The van der Waals surface area contributed by atoms with Gasteiger partial charge in [-0.3, -0.25) is 14.9 Å². The van der Waals surface area contributed by atoms with E-state index in [1.807, 2.05) is 6.92 Å². The molecule has 0 aliphatic carbocycles. The zero-order valence-corrected chi connectivity index (χ0v) is 12.0. The number of nitrogens with zero attached hydrogens (tertiary/aromatic N) is 2. The van der Waals surface area contributed by atoms with Gasteiger partial charge in [0.15, 0.2) is 6.61 Å². The minimum Gasteiger partial charge on any atom is -0.482 e. The number of thiol groups is 1. The van der Waals surface area contributed by atoms with E-state index in [0.717, 1.165) is 6.42 Å². The molecule has 20 heavy (non-hydrogen) atoms. The second kappa shape index (κ2) is 6.13. The lowest BCUT2D eigenvalue weighted by Crippen LogP contribution is -2.42. The van der Waals surface area contributed by atoms with Gasteiger partial charge in [-0.1, -0.05) is 13.3 Å². The van der Waals surface area contributed by atoms with Gasteiger partial charge in [0.2, 0.25) is 0 Å². The van der Waals surface area contributed by atoms with Gasteiger partial charge in [0.05, 0.1) is 10.6 Å². The summed E-state index contributed by atoms with van der Waals surface area (Å²) in [5.41, 5.74) is 0.418. The third-order valence-electron chi connectivity index (χ3n) is 3.37. The lowest BCUT2D eigenvalue weighted by molar-refractivity contribution is -0.384. The fraction of sp³-hybridized carbons (Fsp3) is 0.462. The average molecular weight is 296 g/mol. The van der Waals surface area contributed by atoms with Crippen LogP contribution in [0.3, 0.4) is 0 Å². The zero-order chi connectivity index (χ0) is 14.7. The van der Waals surface area contributed by atoms with Crippen molar-refractivity contribution in [2.45, 2.75) is 13.3 Å². The monoisotopic (exact) mass is 296 g/mol. The molecule has 6 nitrogen and oxygen atoms in total. The van der Waals surface area contributed by atoms with Crippen molar-refractivity contribution in [3.63, 3.8) is 0 Å². The number of rotatable bonds is 5. The van der Waals surface area contributed by atoms with Gasteiger partial charge in [-0.2, -0.15) is 12.6 Å². The Morgan fingerprint density at radius 2 is 2.30 bits per heavy atom. The largest absolute Gasteiger partial charge is 0.482 e. The van der Waals surface area contributed by atoms with Crippen LogP contribution >= 0.6 is 12.6 Å². The summed E-state index contributed by atoms with van der Waals surface area (Å²) < 4.78 is 5.32. The van der Waals surface area contributed by atoms with Crippen LogP contribution in [0.4, 0.5) is 11.4 Å². The minimum absolute atomic E-state index is 0.0339. The first-order valence-electron chi connectivity index (χ1n) is 6.39. The predicted octanol–water partition coefficient (Wildman–Crippen LogP) is 2.28. The first kappa shape index (κ1) is 14.6. The number of benzene rings is 1. The molecule has 1 aromatic rings. The molecule has 0 fully saturated rings. The zero-order valence-electron chi connectivity index (χ0n) is 11.1. The maximum atomic E-state index is 12.0. The van der Waals surface area contributed by atoms with E-state index >= 15 is 0 Å². The van der Waals surface area contributed by atoms with Crippen LogP contribution in [0, 0.1) is 16.0 Å². The van der Waals surface area contributed by atoms with Gasteiger partial charge in [0.25, 0.3) is 11.6 Å². The number of nitro benzene ring substituents is 1. The number of hydrogen-bond donors (Lipinski definition) is 1. The lowest BCUT2D eigenvalue weighted by Gasteiger charge is -2.31. The standard InChI is InChI=1S/C13H16N2O4S/c1-2-9(8-20)6-14-11-5-10(15(17)18)3-4-12(11)19-7-13(14)16/h3-5,9,20H,2,6-8H2,1H3. The molecular formula is C13H16N2O4S. The molecule has 0 saturated heterocycles. The van der Waals surface area contributed by atoms with E-state index in [0.29, 0.717) is 23.7 Å². The van der Waals surface area contributed by atoms with E-state index in [9.17, 15) is 14.9 Å². The molecule has 0 bridgehead atoms. The van der Waals surface area contributed by atoms with E-state index in [2.05, 4.69) is 12.6 Å². The van der Waals surface area contributed by atoms with Crippen molar-refractivity contribution in [3.8, 4) is 5.75 Å². The first-order valence-corrected chi connectivity index (χ1v) is 7.02. The Morgan fingerprint density at radius 1 is 1.55 bits per heavy atom. The Hall–Kier alpha value is -1.76. The molecule has 0 N–H and O–H groups in total. The SMILES string of the molecule is CCC(CS)CN1C(=O)COc2ccc([N+](=O)[O-])cc21. The maximum Gasteiger partial charge on any atom is 0.271 e. The van der Waals surface area contributed by atoms with Crippen LogP contribution in [0.15, 0.2) is 18.2 Å². The van der Waals surface area contributed by atoms with Crippen LogP contribution < -0.4 is 9.64 Å². The van der Waals surface area contributed by atoms with Gasteiger partial charge in [-0.15, -0.1) is 0 Å². The number of nitro groups is 1. The van der Waals surface area contributed by atoms with Crippen LogP contribution in [0.25, 0.3) is 0 Å². The van der Waals surface area contributed by atoms with Gasteiger partial charge in [-0.05, 0) is 17.7 Å². The van der Waals surface area contributed by atoms with Crippen LogP contribution in [0.1, 0.15) is 13.3 Å². The van der Waals surface area contributed by atoms with Crippen molar-refractivity contribution in [1.82, 2.24) is 0 Å². The number of fused-ring (bicyclic) bond motifs is 1. The van der Waals surface area contributed by atoms with E-state index in [1.165, 1.54) is 18.2 Å². The third-order valence-corrected chi connectivity index (χ3v) is 3.89. The van der Waals surface area contributed by atoms with Gasteiger partial charge >= 0.3 is 0 Å². The van der Waals surface area contributed by atoms with Crippen LogP contribution in [-0.4, -0.2) is 29.7 Å². The fourth-order valence-electron chi connectivity index (χ4n) is 2.08. The second-order valence-corrected chi connectivity index (χ2v) is 5.02. The molecule has 7 heteroatoms. The predicted molar refractivity (Wildman–Crippen MR) is 78.6 cm³/mol. The maximum absolute atomic E-state index is 12.0. The summed E-state index contributed by atoms with van der Waals surface area (Å²) in [7, 11) is 0. The van der Waals surface area contributed by atoms with Crippen LogP contribution in [0.5, 0.6) is 5.75 Å². The highest BCUT2D eigenvalue weighted by Gasteiger charge is 2.28. The number of hydrogen-bond acceptors (Lipinski definition) is 5. The number of carbonyl (C=O) groups is 1. The van der Waals surface area contributed by atoms with Crippen LogP contribution in [-0.2, 0) is 4.79 Å². The Balaban J connectivity index is 2.36. The van der Waals surface area contributed by atoms with Crippen molar-refractivity contribution >= 4 is 29.9 Å². The fourth-order valence-corrected chi connectivity index (χ4v) is 2.45. The molecule has 1 aliphatic heterocycles. The number of non-ortho nitro benzene ring substituents is 1. The molecule has 1 heterocycles. The highest BCUT2D eigenvalue weighted by Crippen LogP contribution is 2.35. The summed E-state index contributed by atoms with van der Waals surface area (Å²) in [5, 5.41) is 10.9. The Morgan fingerprint density at radius 3 is 2.90 bits per heavy atom. The topological polar surface area (TPSA) is 72.7 Å². The Labute approximate surface area is 122 Å². The molecule has 1 aliphatic rings. The van der Waals surface area contributed by atoms with Crippen molar-refractivity contribution in [2.24, 2.45) is 5.92 Å². The molecule has 0 radical (unpaired) electrons. The van der Waals surface area contributed by atoms with E-state index in [1.54, 1.807) is 4.90 Å². The summed E-state index contributed by atoms with van der Waals surface area (Å²) in [6.45, 7) is 2.49. The van der Waals surface area contributed by atoms with Crippen molar-refractivity contribution in [1.29, 1.82) is 0 Å². The molecule has 2 rings (SSSR count). The highest BCUT2D eigenvalue weighted by atomic mass is 32.1. The van der Waals surface area contributed by atoms with E-state index < -0.39 is 4.92 Å². The van der Waals surface area contributed by atoms with Crippen molar-refractivity contribution in [3.05, 3.63) is 28.3 Å². The molecule has 1 aromatic carbocycles. The Kier molecular flexibility index (Phi) is 4.49. The van der Waals surface area contributed by atoms with Gasteiger partial charge in [0.1, 0.15) is 5.75 Å². The average Bonchev–Trinajstić information content (AvgIpc) is 2.46. The molecule has 1 amide bonds. The van der Waals surface area contributed by atoms with E-state index in [4.69, 9.17) is 4.74 Å². The first-order chi connectivity index (χ1) is 9.56. The van der Waals surface area contributed by atoms with Gasteiger partial charge in [0, 0.05) is 18.7 Å². The highest BCUT2D eigenvalue weighted by molar-refractivity contribution is 7.80. The van der Waals surface area contributed by atoms with Gasteiger partial charge < -0.3 is 9.64 Å². The molecule has 1 atom stereocenters. The summed E-state index contributed by atoms with van der Waals surface area (Å²) in [6.07, 6.45) is 0.887. The summed E-state index contributed by atoms with van der Waals surface area (Å²) in [5.74, 6) is 1.22.